The van der Waals surface area contributed by atoms with E-state index in [0.717, 1.165) is 6.07 Å². The Kier molecular flexibility index (Phi) is 6.91. The quantitative estimate of drug-likeness (QED) is 0.229. The normalized spacial score (nSPS) is 18.3. The number of carbonyl (C=O) groups is 2. The lowest BCUT2D eigenvalue weighted by Gasteiger charge is -2.11. The van der Waals surface area contributed by atoms with Crippen molar-refractivity contribution in [3.05, 3.63) is 86.6 Å². The van der Waals surface area contributed by atoms with Crippen LogP contribution in [-0.2, 0) is 4.79 Å². The Bertz CT molecular complexity index is 1300. The van der Waals surface area contributed by atoms with E-state index in [0.29, 0.717) is 15.6 Å². The molecule has 34 heavy (non-hydrogen) atoms. The molecule has 0 bridgehead atoms. The lowest BCUT2D eigenvalue weighted by atomic mass is 10.1. The summed E-state index contributed by atoms with van der Waals surface area (Å²) in [6.45, 7) is 0. The first kappa shape index (κ1) is 24.9. The number of nitrogens with two attached hydrogens (primary N) is 1. The molecule has 0 saturated heterocycles. The minimum atomic E-state index is -1.36. The summed E-state index contributed by atoms with van der Waals surface area (Å²) in [4.78, 5) is 25.7. The van der Waals surface area contributed by atoms with Gasteiger partial charge in [-0.05, 0) is 60.2 Å². The van der Waals surface area contributed by atoms with Crippen LogP contribution in [0.3, 0.4) is 0 Å². The van der Waals surface area contributed by atoms with Gasteiger partial charge in [0.25, 0.3) is 5.91 Å². The molecule has 1 aliphatic rings. The van der Waals surface area contributed by atoms with E-state index >= 15 is 0 Å². The highest BCUT2D eigenvalue weighted by Crippen LogP contribution is 2.65. The second-order valence-electron chi connectivity index (χ2n) is 7.70. The lowest BCUT2D eigenvalue weighted by Crippen LogP contribution is -2.18. The fourth-order valence-electron chi connectivity index (χ4n) is 3.65. The highest BCUT2D eigenvalue weighted by Gasteiger charge is 2.67. The zero-order valence-electron chi connectivity index (χ0n) is 17.0. The fourth-order valence-corrected chi connectivity index (χ4v) is 5.22. The van der Waals surface area contributed by atoms with Gasteiger partial charge in [0.2, 0.25) is 5.91 Å². The molecule has 4 N–H and O–H groups in total. The van der Waals surface area contributed by atoms with E-state index in [9.17, 15) is 14.0 Å². The maximum absolute atomic E-state index is 13.5. The van der Waals surface area contributed by atoms with Gasteiger partial charge < -0.3 is 16.4 Å². The molecule has 0 spiro atoms. The number of hydrogen-bond acceptors (Lipinski definition) is 3. The van der Waals surface area contributed by atoms with E-state index in [1.807, 2.05) is 0 Å². The summed E-state index contributed by atoms with van der Waals surface area (Å²) in [5.41, 5.74) is 7.00. The summed E-state index contributed by atoms with van der Waals surface area (Å²) < 4.78 is 12.2. The average molecular weight is 562 g/mol. The Morgan fingerprint density at radius 1 is 0.912 bits per heavy atom. The minimum absolute atomic E-state index is 0.0418. The molecule has 4 rings (SSSR count). The van der Waals surface area contributed by atoms with Gasteiger partial charge >= 0.3 is 0 Å². The van der Waals surface area contributed by atoms with Gasteiger partial charge in [0, 0.05) is 21.7 Å². The minimum Gasteiger partial charge on any atom is -0.397 e. The standard InChI is InChI=1S/C23H15Cl5FN3O2/c24-11-5-10(6-12(25)7-11)19-20(23(19,27)28)22(34)31-14-2-3-16(26)15(9-14)21(33)32-18-8-13(29)1-4-17(18)30/h1-9,19-20H,30H2,(H,31,34)(H,32,33)/t19?,20-/m1/s1. The van der Waals surface area contributed by atoms with Gasteiger partial charge in [0.15, 0.2) is 0 Å². The number of halogens is 6. The van der Waals surface area contributed by atoms with Crippen LogP contribution in [-0.4, -0.2) is 16.1 Å². The highest BCUT2D eigenvalue weighted by atomic mass is 35.5. The van der Waals surface area contributed by atoms with Crippen molar-refractivity contribution in [2.24, 2.45) is 5.92 Å². The third kappa shape index (κ3) is 5.07. The largest absolute Gasteiger partial charge is 0.397 e. The fraction of sp³-hybridized carbons (Fsp3) is 0.130. The van der Waals surface area contributed by atoms with E-state index < -0.39 is 33.8 Å². The molecular weight excluding hydrogens is 547 g/mol. The molecule has 176 valence electrons. The van der Waals surface area contributed by atoms with Crippen molar-refractivity contribution in [2.45, 2.75) is 10.3 Å². The topological polar surface area (TPSA) is 84.2 Å². The van der Waals surface area contributed by atoms with E-state index in [1.165, 1.54) is 30.3 Å². The molecule has 0 aromatic heterocycles. The second kappa shape index (κ2) is 9.44. The van der Waals surface area contributed by atoms with Crippen LogP contribution in [0.1, 0.15) is 21.8 Å². The van der Waals surface area contributed by atoms with Crippen molar-refractivity contribution in [1.29, 1.82) is 0 Å². The Balaban J connectivity index is 1.52. The number of anilines is 3. The van der Waals surface area contributed by atoms with Crippen LogP contribution in [0.25, 0.3) is 0 Å². The Morgan fingerprint density at radius 3 is 2.26 bits per heavy atom. The lowest BCUT2D eigenvalue weighted by molar-refractivity contribution is -0.117. The van der Waals surface area contributed by atoms with Crippen LogP contribution in [0.2, 0.25) is 15.1 Å². The summed E-state index contributed by atoms with van der Waals surface area (Å²) in [5, 5.41) is 6.11. The Morgan fingerprint density at radius 2 is 1.59 bits per heavy atom. The van der Waals surface area contributed by atoms with Gasteiger partial charge in [-0.1, -0.05) is 34.8 Å². The Labute approximate surface area is 219 Å². The smallest absolute Gasteiger partial charge is 0.257 e. The van der Waals surface area contributed by atoms with Crippen molar-refractivity contribution in [2.75, 3.05) is 16.4 Å². The third-order valence-electron chi connectivity index (χ3n) is 5.32. The summed E-state index contributed by atoms with van der Waals surface area (Å²) >= 11 is 31.1. The van der Waals surface area contributed by atoms with Crippen LogP contribution in [0.4, 0.5) is 21.5 Å². The molecule has 0 heterocycles. The van der Waals surface area contributed by atoms with Crippen molar-refractivity contribution < 1.29 is 14.0 Å². The number of carbonyl (C=O) groups excluding carboxylic acids is 2. The first-order valence-corrected chi connectivity index (χ1v) is 11.7. The van der Waals surface area contributed by atoms with Gasteiger partial charge in [0.1, 0.15) is 10.2 Å². The first-order chi connectivity index (χ1) is 16.0. The van der Waals surface area contributed by atoms with E-state index in [1.54, 1.807) is 18.2 Å². The van der Waals surface area contributed by atoms with Gasteiger partial charge in [-0.25, -0.2) is 4.39 Å². The molecule has 3 aromatic rings. The molecule has 1 fully saturated rings. The molecule has 1 saturated carbocycles. The van der Waals surface area contributed by atoms with Crippen LogP contribution in [0, 0.1) is 11.7 Å². The predicted octanol–water partition coefficient (Wildman–Crippen LogP) is 7.15. The first-order valence-electron chi connectivity index (χ1n) is 9.78. The van der Waals surface area contributed by atoms with Gasteiger partial charge in [-0.3, -0.25) is 9.59 Å². The second-order valence-corrected chi connectivity index (χ2v) is 10.4. The molecule has 2 atom stereocenters. The van der Waals surface area contributed by atoms with Gasteiger partial charge in [-0.2, -0.15) is 0 Å². The van der Waals surface area contributed by atoms with Crippen molar-refractivity contribution in [3.8, 4) is 0 Å². The Hall–Kier alpha value is -2.22. The summed E-state index contributed by atoms with van der Waals surface area (Å²) in [6, 6.07) is 12.8. The SMILES string of the molecule is Nc1ccc(F)cc1NC(=O)c1cc(NC(=O)[C@H]2C(c3cc(Cl)cc(Cl)c3)C2(Cl)Cl)ccc1Cl. The molecule has 11 heteroatoms. The van der Waals surface area contributed by atoms with Crippen molar-refractivity contribution >= 4 is 86.9 Å². The number of hydrogen-bond donors (Lipinski definition) is 3. The number of benzene rings is 3. The molecule has 0 aliphatic heterocycles. The monoisotopic (exact) mass is 559 g/mol. The van der Waals surface area contributed by atoms with E-state index in [-0.39, 0.29) is 27.6 Å². The van der Waals surface area contributed by atoms with Crippen LogP contribution in [0.5, 0.6) is 0 Å². The number of nitrogens with one attached hydrogen (secondary N) is 2. The maximum Gasteiger partial charge on any atom is 0.257 e. The molecule has 0 radical (unpaired) electrons. The third-order valence-corrected chi connectivity index (χ3v) is 7.03. The number of alkyl halides is 2. The van der Waals surface area contributed by atoms with Crippen LogP contribution >= 0.6 is 58.0 Å². The zero-order chi connectivity index (χ0) is 24.8. The van der Waals surface area contributed by atoms with Crippen molar-refractivity contribution in [1.82, 2.24) is 0 Å². The molecule has 3 aromatic carbocycles. The molecule has 1 unspecified atom stereocenters. The number of rotatable bonds is 5. The van der Waals surface area contributed by atoms with Crippen LogP contribution in [0.15, 0.2) is 54.6 Å². The highest BCUT2D eigenvalue weighted by molar-refractivity contribution is 6.53. The van der Waals surface area contributed by atoms with Gasteiger partial charge in [0.05, 0.1) is 27.9 Å². The number of amides is 2. The average Bonchev–Trinajstić information content (AvgIpc) is 3.33. The van der Waals surface area contributed by atoms with E-state index in [2.05, 4.69) is 10.6 Å². The maximum atomic E-state index is 13.5. The molecular formula is C23H15Cl5FN3O2. The van der Waals surface area contributed by atoms with Crippen LogP contribution < -0.4 is 16.4 Å². The van der Waals surface area contributed by atoms with E-state index in [4.69, 9.17) is 63.7 Å². The van der Waals surface area contributed by atoms with Crippen molar-refractivity contribution in [3.63, 3.8) is 0 Å². The molecule has 1 aliphatic carbocycles. The summed E-state index contributed by atoms with van der Waals surface area (Å²) in [7, 11) is 0. The molecule has 5 nitrogen and oxygen atoms in total. The van der Waals surface area contributed by atoms with Gasteiger partial charge in [-0.15, -0.1) is 23.2 Å². The predicted molar refractivity (Wildman–Crippen MR) is 136 cm³/mol. The zero-order valence-corrected chi connectivity index (χ0v) is 20.8. The number of nitrogen functional groups attached to an aromatic ring is 1. The summed E-state index contributed by atoms with van der Waals surface area (Å²) in [5.74, 6) is -2.99. The molecule has 2 amide bonds. The summed E-state index contributed by atoms with van der Waals surface area (Å²) in [6.07, 6.45) is 0.